The van der Waals surface area contributed by atoms with Gasteiger partial charge in [-0.25, -0.2) is 17.8 Å². The van der Waals surface area contributed by atoms with Gasteiger partial charge in [-0.3, -0.25) is 4.79 Å². The number of nitrogens with zero attached hydrogens (tertiary/aromatic N) is 2. The van der Waals surface area contributed by atoms with E-state index in [1.54, 1.807) is 30.3 Å². The van der Waals surface area contributed by atoms with Gasteiger partial charge in [0, 0.05) is 17.8 Å². The van der Waals surface area contributed by atoms with E-state index >= 15 is 0 Å². The third kappa shape index (κ3) is 2.78. The molecule has 0 spiro atoms. The SMILES string of the molecule is O=C(Nc1cccc(F)c1)c1c(-c2ccccc2)nc2n1CCS2(=O)=O. The molecule has 0 aliphatic carbocycles. The number of imidazole rings is 1. The first kappa shape index (κ1) is 16.5. The average Bonchev–Trinajstić information content (AvgIpc) is 3.14. The largest absolute Gasteiger partial charge is 0.321 e. The first-order valence-electron chi connectivity index (χ1n) is 7.91. The summed E-state index contributed by atoms with van der Waals surface area (Å²) < 4.78 is 39.2. The lowest BCUT2D eigenvalue weighted by molar-refractivity contribution is 0.101. The Kier molecular flexibility index (Phi) is 3.84. The molecular weight excluding hydrogens is 357 g/mol. The monoisotopic (exact) mass is 371 g/mol. The minimum atomic E-state index is -3.52. The van der Waals surface area contributed by atoms with E-state index in [1.165, 1.54) is 22.8 Å². The molecule has 1 N–H and O–H groups in total. The number of amides is 1. The van der Waals surface area contributed by atoms with Gasteiger partial charge in [0.2, 0.25) is 15.0 Å². The molecule has 1 aromatic heterocycles. The average molecular weight is 371 g/mol. The fourth-order valence-corrected chi connectivity index (χ4v) is 4.32. The molecule has 0 saturated carbocycles. The van der Waals surface area contributed by atoms with Crippen LogP contribution in [0.25, 0.3) is 11.3 Å². The maximum absolute atomic E-state index is 13.4. The van der Waals surface area contributed by atoms with Crippen LogP contribution >= 0.6 is 0 Å². The fraction of sp³-hybridized carbons (Fsp3) is 0.111. The highest BCUT2D eigenvalue weighted by Crippen LogP contribution is 2.30. The molecule has 2 heterocycles. The first-order chi connectivity index (χ1) is 12.5. The molecule has 1 aliphatic rings. The lowest BCUT2D eigenvalue weighted by atomic mass is 10.1. The van der Waals surface area contributed by atoms with Crippen molar-refractivity contribution >= 4 is 21.4 Å². The van der Waals surface area contributed by atoms with Gasteiger partial charge in [0.05, 0.1) is 5.75 Å². The number of aromatic nitrogens is 2. The maximum atomic E-state index is 13.4. The number of fused-ring (bicyclic) bond motifs is 1. The highest BCUT2D eigenvalue weighted by molar-refractivity contribution is 7.91. The van der Waals surface area contributed by atoms with Crippen LogP contribution in [0.2, 0.25) is 0 Å². The molecule has 6 nitrogen and oxygen atoms in total. The Balaban J connectivity index is 1.83. The minimum absolute atomic E-state index is 0.0926. The van der Waals surface area contributed by atoms with Crippen LogP contribution < -0.4 is 5.32 Å². The zero-order chi connectivity index (χ0) is 18.3. The Labute approximate surface area is 149 Å². The number of halogens is 1. The molecule has 0 fully saturated rings. The molecule has 0 atom stereocenters. The molecule has 3 aromatic rings. The minimum Gasteiger partial charge on any atom is -0.321 e. The third-order valence-corrected chi connectivity index (χ3v) is 5.73. The van der Waals surface area contributed by atoms with E-state index in [0.717, 1.165) is 0 Å². The third-order valence-electron chi connectivity index (χ3n) is 4.14. The van der Waals surface area contributed by atoms with Gasteiger partial charge in [-0.15, -0.1) is 0 Å². The fourth-order valence-electron chi connectivity index (χ4n) is 2.96. The predicted molar refractivity (Wildman–Crippen MR) is 94.1 cm³/mol. The van der Waals surface area contributed by atoms with E-state index in [1.807, 2.05) is 6.07 Å². The molecule has 2 aromatic carbocycles. The number of hydrogen-bond acceptors (Lipinski definition) is 4. The van der Waals surface area contributed by atoms with Crippen LogP contribution in [0.1, 0.15) is 10.5 Å². The van der Waals surface area contributed by atoms with E-state index in [0.29, 0.717) is 5.56 Å². The van der Waals surface area contributed by atoms with Crippen molar-refractivity contribution in [3.63, 3.8) is 0 Å². The molecule has 0 unspecified atom stereocenters. The van der Waals surface area contributed by atoms with Crippen LogP contribution in [0, 0.1) is 5.82 Å². The summed E-state index contributed by atoms with van der Waals surface area (Å²) in [5, 5.41) is 2.51. The molecule has 4 rings (SSSR count). The van der Waals surface area contributed by atoms with Gasteiger partial charge in [0.25, 0.3) is 5.91 Å². The van der Waals surface area contributed by atoms with E-state index < -0.39 is 21.6 Å². The van der Waals surface area contributed by atoms with Gasteiger partial charge in [-0.05, 0) is 18.2 Å². The van der Waals surface area contributed by atoms with Crippen molar-refractivity contribution in [3.8, 4) is 11.3 Å². The quantitative estimate of drug-likeness (QED) is 0.768. The van der Waals surface area contributed by atoms with Gasteiger partial charge in [0.15, 0.2) is 0 Å². The first-order valence-corrected chi connectivity index (χ1v) is 9.56. The van der Waals surface area contributed by atoms with Crippen molar-refractivity contribution < 1.29 is 17.6 Å². The van der Waals surface area contributed by atoms with E-state index in [4.69, 9.17) is 0 Å². The summed E-state index contributed by atoms with van der Waals surface area (Å²) >= 11 is 0. The van der Waals surface area contributed by atoms with Gasteiger partial charge in [-0.1, -0.05) is 36.4 Å². The molecular formula is C18H14FN3O3S. The van der Waals surface area contributed by atoms with Crippen molar-refractivity contribution in [2.45, 2.75) is 11.7 Å². The topological polar surface area (TPSA) is 81.1 Å². The summed E-state index contributed by atoms with van der Waals surface area (Å²) in [4.78, 5) is 17.1. The van der Waals surface area contributed by atoms with Gasteiger partial charge >= 0.3 is 0 Å². The van der Waals surface area contributed by atoms with Crippen molar-refractivity contribution in [1.29, 1.82) is 0 Å². The lowest BCUT2D eigenvalue weighted by Crippen LogP contribution is -2.18. The summed E-state index contributed by atoms with van der Waals surface area (Å²) in [6.45, 7) is 0.156. The van der Waals surface area contributed by atoms with E-state index in [-0.39, 0.29) is 34.5 Å². The van der Waals surface area contributed by atoms with Gasteiger partial charge < -0.3 is 9.88 Å². The molecule has 8 heteroatoms. The van der Waals surface area contributed by atoms with Gasteiger partial charge in [-0.2, -0.15) is 0 Å². The van der Waals surface area contributed by atoms with Crippen molar-refractivity contribution in [1.82, 2.24) is 9.55 Å². The van der Waals surface area contributed by atoms with Crippen molar-refractivity contribution in [2.75, 3.05) is 11.1 Å². The maximum Gasteiger partial charge on any atom is 0.274 e. The lowest BCUT2D eigenvalue weighted by Gasteiger charge is -2.09. The number of carbonyl (C=O) groups is 1. The Morgan fingerprint density at radius 3 is 2.62 bits per heavy atom. The van der Waals surface area contributed by atoms with E-state index in [9.17, 15) is 17.6 Å². The van der Waals surface area contributed by atoms with E-state index in [2.05, 4.69) is 10.3 Å². The Bertz CT molecular complexity index is 1110. The predicted octanol–water partition coefficient (Wildman–Crippen LogP) is 2.73. The zero-order valence-corrected chi connectivity index (χ0v) is 14.3. The Hall–Kier alpha value is -3.00. The molecule has 1 aliphatic heterocycles. The van der Waals surface area contributed by atoms with Crippen LogP contribution in [-0.4, -0.2) is 29.6 Å². The smallest absolute Gasteiger partial charge is 0.274 e. The molecule has 0 saturated heterocycles. The number of rotatable bonds is 3. The highest BCUT2D eigenvalue weighted by atomic mass is 32.2. The molecule has 0 bridgehead atoms. The normalized spacial score (nSPS) is 14.8. The zero-order valence-electron chi connectivity index (χ0n) is 13.5. The van der Waals surface area contributed by atoms with Crippen molar-refractivity contribution in [3.05, 3.63) is 66.1 Å². The summed E-state index contributed by atoms with van der Waals surface area (Å²) in [6, 6.07) is 14.4. The second kappa shape index (κ2) is 6.06. The van der Waals surface area contributed by atoms with Crippen LogP contribution in [0.15, 0.2) is 59.8 Å². The number of anilines is 1. The summed E-state index contributed by atoms with van der Waals surface area (Å²) in [6.07, 6.45) is 0. The number of nitrogens with one attached hydrogen (secondary N) is 1. The standard InChI is InChI=1S/C18H14FN3O3S/c19-13-7-4-8-14(11-13)20-17(23)16-15(12-5-2-1-3-6-12)21-18-22(16)9-10-26(18,24)25/h1-8,11H,9-10H2,(H,20,23). The Morgan fingerprint density at radius 1 is 1.12 bits per heavy atom. The molecule has 0 radical (unpaired) electrons. The Morgan fingerprint density at radius 2 is 1.88 bits per heavy atom. The van der Waals surface area contributed by atoms with Crippen LogP contribution in [0.4, 0.5) is 10.1 Å². The van der Waals surface area contributed by atoms with Crippen LogP contribution in [-0.2, 0) is 16.4 Å². The summed E-state index contributed by atoms with van der Waals surface area (Å²) in [5.41, 5.74) is 1.36. The second-order valence-electron chi connectivity index (χ2n) is 5.89. The van der Waals surface area contributed by atoms with Crippen LogP contribution in [0.3, 0.4) is 0 Å². The van der Waals surface area contributed by atoms with Crippen LogP contribution in [0.5, 0.6) is 0 Å². The summed E-state index contributed by atoms with van der Waals surface area (Å²) in [7, 11) is -3.52. The molecule has 26 heavy (non-hydrogen) atoms. The number of benzene rings is 2. The number of carbonyl (C=O) groups excluding carboxylic acids is 1. The summed E-state index contributed by atoms with van der Waals surface area (Å²) in [5.74, 6) is -1.11. The van der Waals surface area contributed by atoms with Gasteiger partial charge in [0.1, 0.15) is 17.2 Å². The second-order valence-corrected chi connectivity index (χ2v) is 7.90. The number of hydrogen-bond donors (Lipinski definition) is 1. The van der Waals surface area contributed by atoms with Crippen molar-refractivity contribution in [2.24, 2.45) is 0 Å². The highest BCUT2D eigenvalue weighted by Gasteiger charge is 2.35. The number of sulfone groups is 1. The molecule has 1 amide bonds. The molecule has 132 valence electrons.